The van der Waals surface area contributed by atoms with Crippen molar-refractivity contribution in [1.82, 2.24) is 4.90 Å². The minimum Gasteiger partial charge on any atom is -0.465 e. The number of ether oxygens (including phenoxy) is 1. The second kappa shape index (κ2) is 7.94. The highest BCUT2D eigenvalue weighted by atomic mass is 32.2. The molecule has 1 aliphatic heterocycles. The summed E-state index contributed by atoms with van der Waals surface area (Å²) in [5.41, 5.74) is 2.19. The summed E-state index contributed by atoms with van der Waals surface area (Å²) in [5.74, 6) is 0.568. The van der Waals surface area contributed by atoms with Crippen LogP contribution < -0.4 is 0 Å². The van der Waals surface area contributed by atoms with Crippen molar-refractivity contribution in [2.45, 2.75) is 6.92 Å². The van der Waals surface area contributed by atoms with E-state index in [1.54, 1.807) is 36.4 Å². The van der Waals surface area contributed by atoms with E-state index in [4.69, 9.17) is 21.4 Å². The van der Waals surface area contributed by atoms with Crippen molar-refractivity contribution in [3.8, 4) is 11.3 Å². The summed E-state index contributed by atoms with van der Waals surface area (Å²) in [6, 6.07) is 8.86. The summed E-state index contributed by atoms with van der Waals surface area (Å²) < 4.78 is 11.2. The number of esters is 1. The van der Waals surface area contributed by atoms with Crippen LogP contribution in [0.5, 0.6) is 0 Å². The lowest BCUT2D eigenvalue weighted by Gasteiger charge is -2.10. The van der Waals surface area contributed by atoms with Gasteiger partial charge in [-0.1, -0.05) is 36.1 Å². The lowest BCUT2D eigenvalue weighted by molar-refractivity contribution is -0.121. The van der Waals surface area contributed by atoms with Gasteiger partial charge in [0.25, 0.3) is 5.91 Å². The fraction of sp³-hybridized carbons (Fsp3) is 0.150. The summed E-state index contributed by atoms with van der Waals surface area (Å²) in [5, 5.41) is 0. The molecule has 0 N–H and O–H groups in total. The Labute approximate surface area is 166 Å². The third-order valence-corrected chi connectivity index (χ3v) is 5.39. The number of thioether (sulfide) groups is 1. The van der Waals surface area contributed by atoms with Gasteiger partial charge in [-0.2, -0.15) is 0 Å². The number of nitrogens with zero attached hydrogens (tertiary/aromatic N) is 1. The molecular weight excluding hydrogens is 382 g/mol. The topological polar surface area (TPSA) is 59.8 Å². The largest absolute Gasteiger partial charge is 0.465 e. The smallest absolute Gasteiger partial charge is 0.337 e. The number of carbonyl (C=O) groups excluding carboxylic acids is 2. The summed E-state index contributed by atoms with van der Waals surface area (Å²) in [7, 11) is 1.34. The van der Waals surface area contributed by atoms with Gasteiger partial charge in [-0.25, -0.2) is 4.79 Å². The highest BCUT2D eigenvalue weighted by Crippen LogP contribution is 2.34. The first-order chi connectivity index (χ1) is 12.9. The molecule has 5 nitrogen and oxygen atoms in total. The number of amides is 1. The quantitative estimate of drug-likeness (QED) is 0.321. The number of furan rings is 1. The summed E-state index contributed by atoms with van der Waals surface area (Å²) in [6.45, 7) is 5.95. The fourth-order valence-electron chi connectivity index (χ4n) is 2.62. The van der Waals surface area contributed by atoms with Crippen LogP contribution in [0.3, 0.4) is 0 Å². The molecule has 1 aromatic heterocycles. The molecule has 1 aliphatic rings. The minimum atomic E-state index is -0.408. The highest BCUT2D eigenvalue weighted by Gasteiger charge is 2.31. The molecule has 1 amide bonds. The van der Waals surface area contributed by atoms with Gasteiger partial charge >= 0.3 is 5.97 Å². The van der Waals surface area contributed by atoms with Crippen LogP contribution in [0.15, 0.2) is 52.3 Å². The first-order valence-corrected chi connectivity index (χ1v) is 9.32. The zero-order chi connectivity index (χ0) is 19.6. The van der Waals surface area contributed by atoms with Gasteiger partial charge in [0.2, 0.25) is 0 Å². The molecule has 2 aromatic rings. The van der Waals surface area contributed by atoms with Gasteiger partial charge in [0.05, 0.1) is 17.6 Å². The number of hydrogen-bond donors (Lipinski definition) is 0. The van der Waals surface area contributed by atoms with Crippen LogP contribution in [0.2, 0.25) is 0 Å². The average Bonchev–Trinajstić information content (AvgIpc) is 3.22. The Kier molecular flexibility index (Phi) is 5.62. The predicted octanol–water partition coefficient (Wildman–Crippen LogP) is 4.43. The van der Waals surface area contributed by atoms with Crippen LogP contribution in [-0.4, -0.2) is 34.8 Å². The van der Waals surface area contributed by atoms with Crippen molar-refractivity contribution in [3.63, 3.8) is 0 Å². The second-order valence-corrected chi connectivity index (χ2v) is 7.48. The standard InChI is InChI=1S/C20H17NO4S2/c1-4-9-21-18(22)17(27-20(21)26)11-14-7-8-16(25-14)15-10-13(19(23)24-3)6-5-12(15)2/h4-8,10-11H,1,9H2,2-3H3/b17-11-. The molecule has 0 spiro atoms. The molecule has 138 valence electrons. The molecule has 3 rings (SSSR count). The van der Waals surface area contributed by atoms with Crippen LogP contribution in [0.4, 0.5) is 0 Å². The van der Waals surface area contributed by atoms with Crippen LogP contribution in [0.25, 0.3) is 17.4 Å². The summed E-state index contributed by atoms with van der Waals surface area (Å²) in [6.07, 6.45) is 3.31. The van der Waals surface area contributed by atoms with Crippen molar-refractivity contribution in [3.05, 3.63) is 64.8 Å². The molecule has 1 saturated heterocycles. The van der Waals surface area contributed by atoms with E-state index in [0.717, 1.165) is 11.1 Å². The van der Waals surface area contributed by atoms with Crippen molar-refractivity contribution in [1.29, 1.82) is 0 Å². The maximum Gasteiger partial charge on any atom is 0.337 e. The molecule has 7 heteroatoms. The van der Waals surface area contributed by atoms with Crippen molar-refractivity contribution < 1.29 is 18.7 Å². The summed E-state index contributed by atoms with van der Waals surface area (Å²) >= 11 is 6.46. The van der Waals surface area contributed by atoms with Gasteiger partial charge in [-0.3, -0.25) is 9.69 Å². The minimum absolute atomic E-state index is 0.160. The first kappa shape index (κ1) is 19.1. The lowest BCUT2D eigenvalue weighted by atomic mass is 10.0. The molecule has 0 unspecified atom stereocenters. The Hall–Kier alpha value is -2.64. The van der Waals surface area contributed by atoms with Crippen LogP contribution in [0, 0.1) is 6.92 Å². The Morgan fingerprint density at radius 1 is 1.37 bits per heavy atom. The maximum absolute atomic E-state index is 12.4. The van der Waals surface area contributed by atoms with Gasteiger partial charge < -0.3 is 9.15 Å². The lowest BCUT2D eigenvalue weighted by Crippen LogP contribution is -2.27. The molecule has 1 fully saturated rings. The van der Waals surface area contributed by atoms with Gasteiger partial charge in [-0.15, -0.1) is 6.58 Å². The van der Waals surface area contributed by atoms with Crippen molar-refractivity contribution >= 4 is 46.3 Å². The Morgan fingerprint density at radius 2 is 2.15 bits per heavy atom. The third kappa shape index (κ3) is 3.89. The van der Waals surface area contributed by atoms with Gasteiger partial charge in [0, 0.05) is 18.2 Å². The van der Waals surface area contributed by atoms with Crippen molar-refractivity contribution in [2.75, 3.05) is 13.7 Å². The maximum atomic E-state index is 12.4. The number of methoxy groups -OCH3 is 1. The monoisotopic (exact) mass is 399 g/mol. The molecule has 2 heterocycles. The van der Waals surface area contributed by atoms with E-state index >= 15 is 0 Å². The zero-order valence-electron chi connectivity index (χ0n) is 14.9. The van der Waals surface area contributed by atoms with Crippen LogP contribution >= 0.6 is 24.0 Å². The molecule has 0 radical (unpaired) electrons. The molecule has 1 aromatic carbocycles. The van der Waals surface area contributed by atoms with Crippen molar-refractivity contribution in [2.24, 2.45) is 0 Å². The van der Waals surface area contributed by atoms with E-state index < -0.39 is 5.97 Å². The fourth-order valence-corrected chi connectivity index (χ4v) is 3.88. The van der Waals surface area contributed by atoms with Gasteiger partial charge in [-0.05, 0) is 36.8 Å². The Balaban J connectivity index is 1.90. The molecule has 0 bridgehead atoms. The van der Waals surface area contributed by atoms with Gasteiger partial charge in [0.1, 0.15) is 15.8 Å². The molecule has 0 atom stereocenters. The number of carbonyl (C=O) groups is 2. The van der Waals surface area contributed by atoms with E-state index in [2.05, 4.69) is 6.58 Å². The Bertz CT molecular complexity index is 974. The Morgan fingerprint density at radius 3 is 2.85 bits per heavy atom. The zero-order valence-corrected chi connectivity index (χ0v) is 16.5. The third-order valence-electron chi connectivity index (χ3n) is 4.01. The first-order valence-electron chi connectivity index (χ1n) is 8.10. The van der Waals surface area contributed by atoms with Crippen LogP contribution in [-0.2, 0) is 9.53 Å². The number of rotatable bonds is 5. The predicted molar refractivity (Wildman–Crippen MR) is 110 cm³/mol. The van der Waals surface area contributed by atoms with E-state index in [1.165, 1.54) is 23.8 Å². The molecular formula is C20H17NO4S2. The normalized spacial score (nSPS) is 15.5. The SMILES string of the molecule is C=CCN1C(=O)/C(=C/c2ccc(-c3cc(C(=O)OC)ccc3C)o2)SC1=S. The van der Waals surface area contributed by atoms with Crippen LogP contribution in [0.1, 0.15) is 21.7 Å². The second-order valence-electron chi connectivity index (χ2n) is 5.80. The number of aryl methyl sites for hydroxylation is 1. The highest BCUT2D eigenvalue weighted by molar-refractivity contribution is 8.26. The summed E-state index contributed by atoms with van der Waals surface area (Å²) in [4.78, 5) is 26.2. The van der Waals surface area contributed by atoms with E-state index in [1.807, 2.05) is 13.0 Å². The number of thiocarbonyl (C=S) groups is 1. The van der Waals surface area contributed by atoms with E-state index in [9.17, 15) is 9.59 Å². The van der Waals surface area contributed by atoms with E-state index in [0.29, 0.717) is 32.9 Å². The molecule has 0 aliphatic carbocycles. The molecule has 0 saturated carbocycles. The van der Waals surface area contributed by atoms with E-state index in [-0.39, 0.29) is 5.91 Å². The number of hydrogen-bond acceptors (Lipinski definition) is 6. The van der Waals surface area contributed by atoms with Gasteiger partial charge in [0.15, 0.2) is 0 Å². The number of benzene rings is 1. The molecule has 27 heavy (non-hydrogen) atoms. The average molecular weight is 399 g/mol.